The minimum Gasteiger partial charge on any atom is -0.744 e. The lowest BCUT2D eigenvalue weighted by molar-refractivity contribution is -0.137. The summed E-state index contributed by atoms with van der Waals surface area (Å²) in [7, 11) is -3.93. The third kappa shape index (κ3) is 22.6. The summed E-state index contributed by atoms with van der Waals surface area (Å²) in [5.74, 6) is 4.65. The Morgan fingerprint density at radius 1 is 0.590 bits per heavy atom. The van der Waals surface area contributed by atoms with Gasteiger partial charge in [0.2, 0.25) is 0 Å². The number of hydrogen-bond donors (Lipinski definition) is 0. The van der Waals surface area contributed by atoms with E-state index >= 15 is 0 Å². The highest BCUT2D eigenvalue weighted by Gasteiger charge is 2.30. The largest absolute Gasteiger partial charge is 0.744 e. The molecule has 0 amide bonds. The Bertz CT molecular complexity index is 743. The second kappa shape index (κ2) is 23.9. The van der Waals surface area contributed by atoms with Crippen molar-refractivity contribution in [3.8, 4) is 0 Å². The smallest absolute Gasteiger partial charge is 0.416 e. The predicted molar refractivity (Wildman–Crippen MR) is 162 cm³/mol. The molecular weight excluding hydrogens is 541 g/mol. The van der Waals surface area contributed by atoms with Crippen LogP contribution in [0, 0.1) is 0 Å². The van der Waals surface area contributed by atoms with E-state index in [0.29, 0.717) is 24.3 Å². The zero-order valence-electron chi connectivity index (χ0n) is 24.8. The van der Waals surface area contributed by atoms with Crippen LogP contribution >= 0.6 is 0 Å². The maximum atomic E-state index is 12.0. The lowest BCUT2D eigenvalue weighted by Crippen LogP contribution is -2.17. The zero-order valence-corrected chi connectivity index (χ0v) is 26.5. The van der Waals surface area contributed by atoms with Gasteiger partial charge >= 0.3 is 6.18 Å². The van der Waals surface area contributed by atoms with Crippen LogP contribution in [0.15, 0.2) is 29.2 Å². The zero-order chi connectivity index (χ0) is 29.4. The van der Waals surface area contributed by atoms with Crippen LogP contribution in [-0.4, -0.2) is 30.2 Å². The van der Waals surface area contributed by atoms with Gasteiger partial charge in [0.25, 0.3) is 0 Å². The fourth-order valence-corrected chi connectivity index (χ4v) is 7.30. The van der Waals surface area contributed by atoms with Crippen LogP contribution < -0.4 is 0 Å². The Kier molecular flexibility index (Phi) is 23.5. The van der Waals surface area contributed by atoms with Crippen molar-refractivity contribution < 1.29 is 26.1 Å². The summed E-state index contributed by atoms with van der Waals surface area (Å²) >= 11 is 0. The first kappa shape index (κ1) is 38.3. The van der Waals surface area contributed by atoms with Crippen molar-refractivity contribution in [2.75, 3.05) is 17.3 Å². The summed E-state index contributed by atoms with van der Waals surface area (Å²) in [5, 5.41) is 0. The molecule has 0 saturated carbocycles. The van der Waals surface area contributed by atoms with Gasteiger partial charge in [-0.05, 0) is 73.7 Å². The second-order valence-electron chi connectivity index (χ2n) is 10.5. The molecule has 0 aromatic heterocycles. The van der Waals surface area contributed by atoms with Crippen LogP contribution in [0.25, 0.3) is 0 Å². The molecule has 0 aliphatic rings. The molecule has 0 saturated heterocycles. The van der Waals surface area contributed by atoms with Gasteiger partial charge in [-0.15, -0.1) is 0 Å². The third-order valence-electron chi connectivity index (χ3n) is 6.83. The Balaban J connectivity index is 0.000000864. The SMILES string of the molecule is CCCCCCCC[S+](CCCCCCCC)CCCCCCCC.O=S(=O)([O-])c1ccc(C(F)(F)F)cc1. The normalized spacial score (nSPS) is 12.0. The van der Waals surface area contributed by atoms with Gasteiger partial charge in [-0.2, -0.15) is 13.2 Å². The lowest BCUT2D eigenvalue weighted by Gasteiger charge is -2.10. The fourth-order valence-electron chi connectivity index (χ4n) is 4.38. The van der Waals surface area contributed by atoms with E-state index in [9.17, 15) is 26.1 Å². The highest BCUT2D eigenvalue weighted by Crippen LogP contribution is 2.29. The number of hydrogen-bond acceptors (Lipinski definition) is 3. The Labute approximate surface area is 241 Å². The average molecular weight is 597 g/mol. The molecule has 3 nitrogen and oxygen atoms in total. The van der Waals surface area contributed by atoms with Crippen molar-refractivity contribution in [2.45, 2.75) is 147 Å². The van der Waals surface area contributed by atoms with E-state index in [2.05, 4.69) is 20.8 Å². The van der Waals surface area contributed by atoms with E-state index in [1.165, 1.54) is 116 Å². The molecule has 0 heterocycles. The topological polar surface area (TPSA) is 57.2 Å². The minimum atomic E-state index is -4.68. The second-order valence-corrected chi connectivity index (χ2v) is 14.3. The summed E-state index contributed by atoms with van der Waals surface area (Å²) < 4.78 is 67.0. The first-order valence-corrected chi connectivity index (χ1v) is 18.5. The van der Waals surface area contributed by atoms with Crippen LogP contribution in [0.1, 0.15) is 142 Å². The number of unbranched alkanes of at least 4 members (excludes halogenated alkanes) is 15. The van der Waals surface area contributed by atoms with Crippen LogP contribution in [0.3, 0.4) is 0 Å². The first-order chi connectivity index (χ1) is 18.6. The summed E-state index contributed by atoms with van der Waals surface area (Å²) in [5.41, 5.74) is -0.995. The number of benzene rings is 1. The molecule has 0 atom stereocenters. The van der Waals surface area contributed by atoms with Crippen molar-refractivity contribution >= 4 is 21.0 Å². The van der Waals surface area contributed by atoms with E-state index in [1.807, 2.05) is 0 Å². The molecule has 0 spiro atoms. The summed E-state index contributed by atoms with van der Waals surface area (Å²) in [4.78, 5) is -0.675. The quantitative estimate of drug-likeness (QED) is 0.0760. The van der Waals surface area contributed by atoms with Crippen LogP contribution in [0.5, 0.6) is 0 Å². The summed E-state index contributed by atoms with van der Waals surface area (Å²) in [6.45, 7) is 6.95. The highest BCUT2D eigenvalue weighted by atomic mass is 32.2. The molecule has 8 heteroatoms. The Hall–Kier alpha value is -0.730. The Morgan fingerprint density at radius 2 is 0.897 bits per heavy atom. The first-order valence-electron chi connectivity index (χ1n) is 15.3. The summed E-state index contributed by atoms with van der Waals surface area (Å²) in [6, 6.07) is 2.35. The molecule has 1 aromatic carbocycles. The van der Waals surface area contributed by atoms with Gasteiger partial charge in [0.15, 0.2) is 0 Å². The molecule has 1 aromatic rings. The van der Waals surface area contributed by atoms with Crippen molar-refractivity contribution in [1.29, 1.82) is 0 Å². The van der Waals surface area contributed by atoms with Crippen LogP contribution in [0.2, 0.25) is 0 Å². The molecule has 0 unspecified atom stereocenters. The van der Waals surface area contributed by atoms with Gasteiger partial charge in [-0.3, -0.25) is 0 Å². The minimum absolute atomic E-state index is 0.546. The standard InChI is InChI=1S/C24H51S.C7H5F3O3S/c1-4-7-10-13-16-19-22-25(23-20-17-14-11-8-5-2)24-21-18-15-12-9-6-3;8-7(9,10)5-1-3-6(4-2-5)14(11,12)13/h4-24H2,1-3H3;1-4H,(H,11,12,13)/q+1;/p-1. The van der Waals surface area contributed by atoms with E-state index in [-0.39, 0.29) is 0 Å². The average Bonchev–Trinajstić information content (AvgIpc) is 2.89. The van der Waals surface area contributed by atoms with Crippen molar-refractivity contribution in [3.63, 3.8) is 0 Å². The fraction of sp³-hybridized carbons (Fsp3) is 0.806. The van der Waals surface area contributed by atoms with Gasteiger partial charge in [-0.25, -0.2) is 8.42 Å². The van der Waals surface area contributed by atoms with Crippen molar-refractivity contribution in [1.82, 2.24) is 0 Å². The van der Waals surface area contributed by atoms with Gasteiger partial charge in [-0.1, -0.05) is 97.8 Å². The molecule has 0 aliphatic carbocycles. The maximum Gasteiger partial charge on any atom is 0.416 e. The van der Waals surface area contributed by atoms with E-state index in [0.717, 1.165) is 10.9 Å². The molecule has 0 aliphatic heterocycles. The summed E-state index contributed by atoms with van der Waals surface area (Å²) in [6.07, 6.45) is 21.8. The molecule has 230 valence electrons. The highest BCUT2D eigenvalue weighted by molar-refractivity contribution is 7.96. The van der Waals surface area contributed by atoms with Crippen LogP contribution in [-0.2, 0) is 27.2 Å². The van der Waals surface area contributed by atoms with Crippen molar-refractivity contribution in [2.24, 2.45) is 0 Å². The monoisotopic (exact) mass is 596 g/mol. The molecular formula is C31H55F3O3S2. The molecule has 0 bridgehead atoms. The molecule has 0 radical (unpaired) electrons. The maximum absolute atomic E-state index is 12.0. The van der Waals surface area contributed by atoms with Crippen molar-refractivity contribution in [3.05, 3.63) is 29.8 Å². The molecule has 0 N–H and O–H groups in total. The van der Waals surface area contributed by atoms with E-state index in [4.69, 9.17) is 0 Å². The molecule has 1 rings (SSSR count). The number of alkyl halides is 3. The lowest BCUT2D eigenvalue weighted by atomic mass is 10.1. The Morgan fingerprint density at radius 3 is 1.18 bits per heavy atom. The van der Waals surface area contributed by atoms with E-state index < -0.39 is 26.8 Å². The number of rotatable bonds is 22. The van der Waals surface area contributed by atoms with Gasteiger partial charge in [0.1, 0.15) is 27.4 Å². The predicted octanol–water partition coefficient (Wildman–Crippen LogP) is 10.3. The molecule has 39 heavy (non-hydrogen) atoms. The van der Waals surface area contributed by atoms with Gasteiger partial charge < -0.3 is 4.55 Å². The van der Waals surface area contributed by atoms with E-state index in [1.54, 1.807) is 17.3 Å². The van der Waals surface area contributed by atoms with Gasteiger partial charge in [0.05, 0.1) is 10.5 Å². The number of halogens is 3. The van der Waals surface area contributed by atoms with Crippen LogP contribution in [0.4, 0.5) is 13.2 Å². The third-order valence-corrected chi connectivity index (χ3v) is 10.3. The molecule has 0 fully saturated rings. The van der Waals surface area contributed by atoms with Gasteiger partial charge in [0, 0.05) is 0 Å².